The SMILES string of the molecule is CCc1ccc(S(=O)(=O)NC2CC2C)cc1C(=O)O. The van der Waals surface area contributed by atoms with E-state index >= 15 is 0 Å². The number of hydrogen-bond donors (Lipinski definition) is 2. The van der Waals surface area contributed by atoms with Gasteiger partial charge in [0.1, 0.15) is 0 Å². The average molecular weight is 283 g/mol. The van der Waals surface area contributed by atoms with Crippen LogP contribution >= 0.6 is 0 Å². The lowest BCUT2D eigenvalue weighted by Gasteiger charge is -2.09. The van der Waals surface area contributed by atoms with Gasteiger partial charge in [-0.05, 0) is 36.5 Å². The van der Waals surface area contributed by atoms with E-state index in [0.29, 0.717) is 17.9 Å². The summed E-state index contributed by atoms with van der Waals surface area (Å²) in [4.78, 5) is 11.1. The fraction of sp³-hybridized carbons (Fsp3) is 0.462. The summed E-state index contributed by atoms with van der Waals surface area (Å²) in [5.74, 6) is -0.752. The highest BCUT2D eigenvalue weighted by Crippen LogP contribution is 2.31. The van der Waals surface area contributed by atoms with E-state index in [4.69, 9.17) is 5.11 Å². The Balaban J connectivity index is 2.34. The zero-order valence-electron chi connectivity index (χ0n) is 10.9. The molecule has 2 atom stereocenters. The molecule has 0 spiro atoms. The first kappa shape index (κ1) is 14.0. The highest BCUT2D eigenvalue weighted by molar-refractivity contribution is 7.89. The molecule has 0 aromatic heterocycles. The number of nitrogens with one attached hydrogen (secondary N) is 1. The van der Waals surface area contributed by atoms with Crippen LogP contribution in [0.5, 0.6) is 0 Å². The van der Waals surface area contributed by atoms with Crippen LogP contribution in [0.15, 0.2) is 23.1 Å². The van der Waals surface area contributed by atoms with Crippen molar-refractivity contribution >= 4 is 16.0 Å². The predicted octanol–water partition coefficient (Wildman–Crippen LogP) is 1.63. The molecule has 1 aliphatic rings. The van der Waals surface area contributed by atoms with Gasteiger partial charge < -0.3 is 5.11 Å². The molecule has 0 saturated heterocycles. The molecular formula is C13H17NO4S. The highest BCUT2D eigenvalue weighted by atomic mass is 32.2. The Morgan fingerprint density at radius 2 is 2.11 bits per heavy atom. The van der Waals surface area contributed by atoms with Crippen molar-refractivity contribution in [2.24, 2.45) is 5.92 Å². The van der Waals surface area contributed by atoms with E-state index in [-0.39, 0.29) is 16.5 Å². The van der Waals surface area contributed by atoms with Gasteiger partial charge in [-0.25, -0.2) is 17.9 Å². The van der Waals surface area contributed by atoms with Gasteiger partial charge in [0, 0.05) is 6.04 Å². The zero-order chi connectivity index (χ0) is 14.2. The minimum Gasteiger partial charge on any atom is -0.478 e. The first-order valence-electron chi connectivity index (χ1n) is 6.23. The minimum atomic E-state index is -3.62. The van der Waals surface area contributed by atoms with Gasteiger partial charge >= 0.3 is 5.97 Å². The first-order valence-corrected chi connectivity index (χ1v) is 7.72. The van der Waals surface area contributed by atoms with Crippen LogP contribution in [0, 0.1) is 5.92 Å². The van der Waals surface area contributed by atoms with Crippen molar-refractivity contribution < 1.29 is 18.3 Å². The van der Waals surface area contributed by atoms with Crippen LogP contribution in [0.4, 0.5) is 0 Å². The summed E-state index contributed by atoms with van der Waals surface area (Å²) in [5.41, 5.74) is 0.681. The lowest BCUT2D eigenvalue weighted by molar-refractivity contribution is 0.0695. The molecule has 0 amide bonds. The number of hydrogen-bond acceptors (Lipinski definition) is 3. The van der Waals surface area contributed by atoms with E-state index in [1.54, 1.807) is 6.07 Å². The van der Waals surface area contributed by atoms with Crippen LogP contribution in [-0.2, 0) is 16.4 Å². The molecule has 1 aromatic carbocycles. The molecule has 0 heterocycles. The topological polar surface area (TPSA) is 83.5 Å². The second kappa shape index (κ2) is 4.94. The fourth-order valence-electron chi connectivity index (χ4n) is 1.98. The van der Waals surface area contributed by atoms with Crippen molar-refractivity contribution in [2.45, 2.75) is 37.6 Å². The normalized spacial score (nSPS) is 22.2. The van der Waals surface area contributed by atoms with E-state index in [1.165, 1.54) is 12.1 Å². The number of carbonyl (C=O) groups is 1. The summed E-state index contributed by atoms with van der Waals surface area (Å²) < 4.78 is 26.8. The Hall–Kier alpha value is -1.40. The molecule has 6 heteroatoms. The number of rotatable bonds is 5. The molecule has 19 heavy (non-hydrogen) atoms. The Bertz CT molecular complexity index is 609. The number of sulfonamides is 1. The van der Waals surface area contributed by atoms with Crippen molar-refractivity contribution in [2.75, 3.05) is 0 Å². The second-order valence-electron chi connectivity index (χ2n) is 4.92. The lowest BCUT2D eigenvalue weighted by atomic mass is 10.1. The molecule has 1 aromatic rings. The number of aromatic carboxylic acids is 1. The third-order valence-electron chi connectivity index (χ3n) is 3.42. The van der Waals surface area contributed by atoms with E-state index in [2.05, 4.69) is 4.72 Å². The summed E-state index contributed by atoms with van der Waals surface area (Å²) in [5, 5.41) is 9.11. The molecule has 2 rings (SSSR count). The fourth-order valence-corrected chi connectivity index (χ4v) is 3.37. The average Bonchev–Trinajstić information content (AvgIpc) is 3.02. The van der Waals surface area contributed by atoms with E-state index in [9.17, 15) is 13.2 Å². The molecule has 1 saturated carbocycles. The maximum atomic E-state index is 12.1. The van der Waals surface area contributed by atoms with Crippen molar-refractivity contribution in [3.63, 3.8) is 0 Å². The van der Waals surface area contributed by atoms with Crippen LogP contribution in [-0.4, -0.2) is 25.5 Å². The number of aryl methyl sites for hydroxylation is 1. The van der Waals surface area contributed by atoms with Crippen molar-refractivity contribution in [1.29, 1.82) is 0 Å². The molecule has 5 nitrogen and oxygen atoms in total. The van der Waals surface area contributed by atoms with Crippen LogP contribution in [0.3, 0.4) is 0 Å². The standard InChI is InChI=1S/C13H17NO4S/c1-3-9-4-5-10(7-11(9)13(15)16)19(17,18)14-12-6-8(12)2/h4-5,7-8,12,14H,3,6H2,1-2H3,(H,15,16). The molecular weight excluding hydrogens is 266 g/mol. The largest absolute Gasteiger partial charge is 0.478 e. The van der Waals surface area contributed by atoms with Gasteiger partial charge in [0.2, 0.25) is 10.0 Å². The summed E-state index contributed by atoms with van der Waals surface area (Å²) >= 11 is 0. The van der Waals surface area contributed by atoms with Gasteiger partial charge in [0.15, 0.2) is 0 Å². The highest BCUT2D eigenvalue weighted by Gasteiger charge is 2.36. The molecule has 2 unspecified atom stereocenters. The van der Waals surface area contributed by atoms with Crippen molar-refractivity contribution in [3.8, 4) is 0 Å². The monoisotopic (exact) mass is 283 g/mol. The van der Waals surface area contributed by atoms with Gasteiger partial charge in [-0.1, -0.05) is 19.9 Å². The smallest absolute Gasteiger partial charge is 0.336 e. The number of carboxylic acid groups (broad SMARTS) is 1. The van der Waals surface area contributed by atoms with Crippen LogP contribution < -0.4 is 4.72 Å². The van der Waals surface area contributed by atoms with E-state index < -0.39 is 16.0 Å². The molecule has 0 bridgehead atoms. The van der Waals surface area contributed by atoms with E-state index in [1.807, 2.05) is 13.8 Å². The summed E-state index contributed by atoms with van der Waals surface area (Å²) in [6.07, 6.45) is 1.38. The Labute approximate surface area is 112 Å². The second-order valence-corrected chi connectivity index (χ2v) is 6.63. The van der Waals surface area contributed by atoms with Gasteiger partial charge in [-0.3, -0.25) is 0 Å². The minimum absolute atomic E-state index is 0.0150. The maximum absolute atomic E-state index is 12.1. The number of carboxylic acids is 1. The Morgan fingerprint density at radius 3 is 2.58 bits per heavy atom. The van der Waals surface area contributed by atoms with Crippen molar-refractivity contribution in [1.82, 2.24) is 4.72 Å². The molecule has 1 fully saturated rings. The van der Waals surface area contributed by atoms with Gasteiger partial charge in [0.05, 0.1) is 10.5 Å². The van der Waals surface area contributed by atoms with Crippen LogP contribution in [0.2, 0.25) is 0 Å². The van der Waals surface area contributed by atoms with Gasteiger partial charge in [-0.15, -0.1) is 0 Å². The molecule has 0 aliphatic heterocycles. The molecule has 1 aliphatic carbocycles. The summed E-state index contributed by atoms with van der Waals surface area (Å²) in [6, 6.07) is 4.23. The van der Waals surface area contributed by atoms with Gasteiger partial charge in [-0.2, -0.15) is 0 Å². The zero-order valence-corrected chi connectivity index (χ0v) is 11.7. The maximum Gasteiger partial charge on any atom is 0.336 e. The lowest BCUT2D eigenvalue weighted by Crippen LogP contribution is -2.27. The third-order valence-corrected chi connectivity index (χ3v) is 4.91. The molecule has 2 N–H and O–H groups in total. The molecule has 0 radical (unpaired) electrons. The summed E-state index contributed by atoms with van der Waals surface area (Å²) in [6.45, 7) is 3.80. The van der Waals surface area contributed by atoms with E-state index in [0.717, 1.165) is 6.42 Å². The molecule has 104 valence electrons. The summed E-state index contributed by atoms with van der Waals surface area (Å²) in [7, 11) is -3.62. The Morgan fingerprint density at radius 1 is 1.47 bits per heavy atom. The van der Waals surface area contributed by atoms with Crippen LogP contribution in [0.1, 0.15) is 36.2 Å². The van der Waals surface area contributed by atoms with Gasteiger partial charge in [0.25, 0.3) is 0 Å². The van der Waals surface area contributed by atoms with Crippen molar-refractivity contribution in [3.05, 3.63) is 29.3 Å². The quantitative estimate of drug-likeness (QED) is 0.860. The van der Waals surface area contributed by atoms with Crippen LogP contribution in [0.25, 0.3) is 0 Å². The first-order chi connectivity index (χ1) is 8.85. The predicted molar refractivity (Wildman–Crippen MR) is 70.7 cm³/mol. The number of benzene rings is 1. The Kier molecular flexibility index (Phi) is 3.64. The third kappa shape index (κ3) is 2.96.